The van der Waals surface area contributed by atoms with E-state index < -0.39 is 5.82 Å². The number of hydrogen-bond donors (Lipinski definition) is 2. The van der Waals surface area contributed by atoms with Gasteiger partial charge in [-0.3, -0.25) is 4.79 Å². The van der Waals surface area contributed by atoms with E-state index in [-0.39, 0.29) is 5.91 Å². The molecule has 0 fully saturated rings. The van der Waals surface area contributed by atoms with Gasteiger partial charge < -0.3 is 10.3 Å². The molecule has 2 aromatic carbocycles. The Bertz CT molecular complexity index is 954. The molecule has 0 spiro atoms. The number of carbonyl (C=O) groups is 1. The average Bonchev–Trinajstić information content (AvgIpc) is 2.83. The van der Waals surface area contributed by atoms with E-state index in [2.05, 4.69) is 48.4 Å². The van der Waals surface area contributed by atoms with Crippen LogP contribution in [0.3, 0.4) is 0 Å². The Morgan fingerprint density at radius 1 is 1.16 bits per heavy atom. The van der Waals surface area contributed by atoms with Crippen molar-refractivity contribution in [3.63, 3.8) is 0 Å². The van der Waals surface area contributed by atoms with Crippen LogP contribution in [0.5, 0.6) is 0 Å². The van der Waals surface area contributed by atoms with Gasteiger partial charge in [0.2, 0.25) is 0 Å². The number of aromatic nitrogens is 1. The minimum absolute atomic E-state index is 0.207. The fourth-order valence-electron chi connectivity index (χ4n) is 3.72. The molecular weight excluding hydrogens is 315 g/mol. The van der Waals surface area contributed by atoms with Crippen molar-refractivity contribution < 1.29 is 9.18 Å². The second-order valence-corrected chi connectivity index (χ2v) is 7.16. The van der Waals surface area contributed by atoms with Crippen LogP contribution in [0.15, 0.2) is 36.4 Å². The summed E-state index contributed by atoms with van der Waals surface area (Å²) in [6.07, 6.45) is 1.78. The van der Waals surface area contributed by atoms with E-state index in [1.165, 1.54) is 17.7 Å². The van der Waals surface area contributed by atoms with E-state index in [9.17, 15) is 9.18 Å². The fourth-order valence-corrected chi connectivity index (χ4v) is 3.72. The van der Waals surface area contributed by atoms with Crippen molar-refractivity contribution in [3.8, 4) is 11.3 Å². The monoisotopic (exact) mass is 336 g/mol. The molecule has 1 amide bonds. The molecule has 1 aliphatic heterocycles. The summed E-state index contributed by atoms with van der Waals surface area (Å²) in [5.74, 6) is 0.0125. The molecule has 1 aliphatic rings. The minimum Gasteiger partial charge on any atom is -0.354 e. The molecule has 0 aliphatic carbocycles. The van der Waals surface area contributed by atoms with Crippen LogP contribution in [-0.2, 0) is 12.8 Å². The Morgan fingerprint density at radius 2 is 1.92 bits per heavy atom. The third kappa shape index (κ3) is 2.82. The summed E-state index contributed by atoms with van der Waals surface area (Å²) in [5, 5.41) is 3.70. The molecule has 25 heavy (non-hydrogen) atoms. The number of aromatic amines is 1. The number of rotatable bonds is 3. The maximum Gasteiger partial charge on any atom is 0.252 e. The van der Waals surface area contributed by atoms with Crippen molar-refractivity contribution in [3.05, 3.63) is 58.9 Å². The number of benzene rings is 2. The molecule has 4 rings (SSSR count). The minimum atomic E-state index is -0.397. The van der Waals surface area contributed by atoms with Gasteiger partial charge in [0.05, 0.1) is 5.56 Å². The molecule has 4 heteroatoms. The zero-order valence-electron chi connectivity index (χ0n) is 14.4. The molecular formula is C21H21FN2O. The highest BCUT2D eigenvalue weighted by molar-refractivity contribution is 6.10. The first-order valence-electron chi connectivity index (χ1n) is 8.74. The van der Waals surface area contributed by atoms with Crippen molar-refractivity contribution in [2.75, 3.05) is 6.54 Å². The molecule has 1 aromatic heterocycles. The zero-order chi connectivity index (χ0) is 17.6. The van der Waals surface area contributed by atoms with Crippen LogP contribution >= 0.6 is 0 Å². The third-order valence-corrected chi connectivity index (χ3v) is 4.76. The molecule has 128 valence electrons. The lowest BCUT2D eigenvalue weighted by Gasteiger charge is -2.07. The van der Waals surface area contributed by atoms with Gasteiger partial charge in [-0.2, -0.15) is 0 Å². The van der Waals surface area contributed by atoms with Crippen molar-refractivity contribution in [2.24, 2.45) is 5.92 Å². The summed E-state index contributed by atoms with van der Waals surface area (Å²) in [6, 6.07) is 11.3. The summed E-state index contributed by atoms with van der Waals surface area (Å²) >= 11 is 0. The van der Waals surface area contributed by atoms with E-state index in [0.29, 0.717) is 23.5 Å². The summed E-state index contributed by atoms with van der Waals surface area (Å²) in [4.78, 5) is 15.6. The van der Waals surface area contributed by atoms with Gasteiger partial charge >= 0.3 is 0 Å². The SMILES string of the molecule is CC(C)Cc1ccc(-c2[nH]c3cc(F)cc4c3c2CCNC4=O)cc1. The standard InChI is InChI=1S/C21H21FN2O/c1-12(2)9-13-3-5-14(6-4-13)20-16-7-8-23-21(25)17-10-15(22)11-18(24-20)19(16)17/h3-6,10-12,24H,7-9H2,1-2H3,(H,23,25). The maximum absolute atomic E-state index is 13.9. The second-order valence-electron chi connectivity index (χ2n) is 7.16. The Morgan fingerprint density at radius 3 is 2.64 bits per heavy atom. The Balaban J connectivity index is 1.86. The number of hydrogen-bond acceptors (Lipinski definition) is 1. The maximum atomic E-state index is 13.9. The van der Waals surface area contributed by atoms with Crippen LogP contribution < -0.4 is 5.32 Å². The molecule has 0 atom stereocenters. The third-order valence-electron chi connectivity index (χ3n) is 4.76. The van der Waals surface area contributed by atoms with E-state index in [1.807, 2.05) is 0 Å². The highest BCUT2D eigenvalue weighted by Gasteiger charge is 2.23. The Labute approximate surface area is 146 Å². The van der Waals surface area contributed by atoms with E-state index in [0.717, 1.165) is 35.0 Å². The molecule has 0 bridgehead atoms. The van der Waals surface area contributed by atoms with Crippen LogP contribution in [0.4, 0.5) is 4.39 Å². The van der Waals surface area contributed by atoms with E-state index in [4.69, 9.17) is 0 Å². The molecule has 0 saturated heterocycles. The second kappa shape index (κ2) is 6.03. The largest absolute Gasteiger partial charge is 0.354 e. The predicted molar refractivity (Wildman–Crippen MR) is 98.3 cm³/mol. The average molecular weight is 336 g/mol. The van der Waals surface area contributed by atoms with E-state index >= 15 is 0 Å². The first-order chi connectivity index (χ1) is 12.0. The van der Waals surface area contributed by atoms with Crippen molar-refractivity contribution in [2.45, 2.75) is 26.7 Å². The van der Waals surface area contributed by atoms with Gasteiger partial charge in [0.1, 0.15) is 5.82 Å². The number of carbonyl (C=O) groups excluding carboxylic acids is 1. The highest BCUT2D eigenvalue weighted by atomic mass is 19.1. The highest BCUT2D eigenvalue weighted by Crippen LogP contribution is 2.34. The fraction of sp³-hybridized carbons (Fsp3) is 0.286. The smallest absolute Gasteiger partial charge is 0.252 e. The van der Waals surface area contributed by atoms with Crippen molar-refractivity contribution >= 4 is 16.8 Å². The summed E-state index contributed by atoms with van der Waals surface area (Å²) in [7, 11) is 0. The molecule has 2 N–H and O–H groups in total. The van der Waals surface area contributed by atoms with Crippen LogP contribution in [0, 0.1) is 11.7 Å². The molecule has 2 heterocycles. The summed E-state index contributed by atoms with van der Waals surface area (Å²) < 4.78 is 13.9. The number of H-pyrrole nitrogens is 1. The van der Waals surface area contributed by atoms with E-state index in [1.54, 1.807) is 0 Å². The molecule has 0 saturated carbocycles. The zero-order valence-corrected chi connectivity index (χ0v) is 14.4. The lowest BCUT2D eigenvalue weighted by Crippen LogP contribution is -2.23. The topological polar surface area (TPSA) is 44.9 Å². The van der Waals surface area contributed by atoms with Crippen LogP contribution in [-0.4, -0.2) is 17.4 Å². The van der Waals surface area contributed by atoms with Gasteiger partial charge in [0.25, 0.3) is 5.91 Å². The van der Waals surface area contributed by atoms with Gasteiger partial charge in [0.15, 0.2) is 0 Å². The van der Waals surface area contributed by atoms with Crippen LogP contribution in [0.25, 0.3) is 22.2 Å². The van der Waals surface area contributed by atoms with Gasteiger partial charge in [-0.05, 0) is 47.6 Å². The van der Waals surface area contributed by atoms with Gasteiger partial charge in [0, 0.05) is 23.1 Å². The quantitative estimate of drug-likeness (QED) is 0.729. The van der Waals surface area contributed by atoms with Gasteiger partial charge in [-0.25, -0.2) is 4.39 Å². The van der Waals surface area contributed by atoms with Crippen LogP contribution in [0.2, 0.25) is 0 Å². The Hall–Kier alpha value is -2.62. The number of amides is 1. The molecule has 0 radical (unpaired) electrons. The summed E-state index contributed by atoms with van der Waals surface area (Å²) in [5.41, 5.74) is 5.54. The summed E-state index contributed by atoms with van der Waals surface area (Å²) in [6.45, 7) is 4.97. The molecule has 0 unspecified atom stereocenters. The lowest BCUT2D eigenvalue weighted by molar-refractivity contribution is 0.0957. The Kier molecular flexibility index (Phi) is 3.83. The first-order valence-corrected chi connectivity index (χ1v) is 8.74. The van der Waals surface area contributed by atoms with Crippen molar-refractivity contribution in [1.29, 1.82) is 0 Å². The van der Waals surface area contributed by atoms with Crippen molar-refractivity contribution in [1.82, 2.24) is 10.3 Å². The number of halogens is 1. The molecule has 3 aromatic rings. The predicted octanol–water partition coefficient (Wildman–Crippen LogP) is 4.46. The molecule has 3 nitrogen and oxygen atoms in total. The van der Waals surface area contributed by atoms with Gasteiger partial charge in [-0.15, -0.1) is 0 Å². The lowest BCUT2D eigenvalue weighted by atomic mass is 9.98. The normalized spacial score (nSPS) is 14.0. The first kappa shape index (κ1) is 15.9. The van der Waals surface area contributed by atoms with Crippen LogP contribution in [0.1, 0.15) is 35.3 Å². The van der Waals surface area contributed by atoms with Gasteiger partial charge in [-0.1, -0.05) is 38.1 Å². The number of nitrogens with one attached hydrogen (secondary N) is 2.